The number of nitrogens with zero attached hydrogens (tertiary/aromatic N) is 2. The van der Waals surface area contributed by atoms with Crippen LogP contribution in [0.4, 0.5) is 13.2 Å². The predicted molar refractivity (Wildman–Crippen MR) is 82.0 cm³/mol. The standard InChI is InChI=1S/C16H17F3N2S/c1-10(2)21-8-12(9-21)15-20-14(16(17,18)19)13(22-15)11-6-4-3-5-7-11/h3-7,10,12H,8-9H2,1-2H3. The summed E-state index contributed by atoms with van der Waals surface area (Å²) in [6.07, 6.45) is -4.42. The van der Waals surface area contributed by atoms with Crippen molar-refractivity contribution in [2.75, 3.05) is 13.1 Å². The van der Waals surface area contributed by atoms with E-state index in [9.17, 15) is 13.2 Å². The molecule has 1 aliphatic rings. The van der Waals surface area contributed by atoms with Crippen molar-refractivity contribution in [3.63, 3.8) is 0 Å². The Balaban J connectivity index is 1.93. The van der Waals surface area contributed by atoms with Crippen molar-refractivity contribution in [1.82, 2.24) is 9.88 Å². The lowest BCUT2D eigenvalue weighted by Gasteiger charge is -2.41. The lowest BCUT2D eigenvalue weighted by molar-refractivity contribution is -0.140. The van der Waals surface area contributed by atoms with Crippen LogP contribution in [0.3, 0.4) is 0 Å². The molecule has 6 heteroatoms. The smallest absolute Gasteiger partial charge is 0.299 e. The fraction of sp³-hybridized carbons (Fsp3) is 0.438. The van der Waals surface area contributed by atoms with Crippen LogP contribution in [-0.4, -0.2) is 29.0 Å². The van der Waals surface area contributed by atoms with Crippen molar-refractivity contribution in [2.45, 2.75) is 32.0 Å². The molecule has 0 spiro atoms. The van der Waals surface area contributed by atoms with Gasteiger partial charge in [0.1, 0.15) is 0 Å². The Hall–Kier alpha value is -1.40. The Morgan fingerprint density at radius 3 is 2.36 bits per heavy atom. The van der Waals surface area contributed by atoms with E-state index >= 15 is 0 Å². The van der Waals surface area contributed by atoms with E-state index in [0.29, 0.717) is 16.6 Å². The highest BCUT2D eigenvalue weighted by atomic mass is 32.1. The molecule has 1 saturated heterocycles. The summed E-state index contributed by atoms with van der Waals surface area (Å²) >= 11 is 1.18. The molecule has 0 unspecified atom stereocenters. The molecule has 1 aromatic heterocycles. The maximum absolute atomic E-state index is 13.3. The Bertz CT molecular complexity index is 643. The van der Waals surface area contributed by atoms with Gasteiger partial charge in [-0.1, -0.05) is 30.3 Å². The number of aromatic nitrogens is 1. The quantitative estimate of drug-likeness (QED) is 0.817. The van der Waals surface area contributed by atoms with Gasteiger partial charge >= 0.3 is 6.18 Å². The highest BCUT2D eigenvalue weighted by Crippen LogP contribution is 2.43. The maximum Gasteiger partial charge on any atom is 0.434 e. The summed E-state index contributed by atoms with van der Waals surface area (Å²) in [6.45, 7) is 5.76. The fourth-order valence-electron chi connectivity index (χ4n) is 2.58. The largest absolute Gasteiger partial charge is 0.434 e. The second-order valence-corrected chi connectivity index (χ2v) is 6.87. The third kappa shape index (κ3) is 2.90. The SMILES string of the molecule is CC(C)N1CC(c2nc(C(F)(F)F)c(-c3ccccc3)s2)C1. The summed E-state index contributed by atoms with van der Waals surface area (Å²) in [5.74, 6) is 0.117. The summed E-state index contributed by atoms with van der Waals surface area (Å²) < 4.78 is 39.8. The minimum Gasteiger partial charge on any atom is -0.299 e. The van der Waals surface area contributed by atoms with E-state index in [-0.39, 0.29) is 10.8 Å². The molecular weight excluding hydrogens is 309 g/mol. The Kier molecular flexibility index (Phi) is 3.99. The van der Waals surface area contributed by atoms with Crippen LogP contribution in [0.1, 0.15) is 30.5 Å². The van der Waals surface area contributed by atoms with Crippen molar-refractivity contribution in [3.05, 3.63) is 41.0 Å². The van der Waals surface area contributed by atoms with Crippen LogP contribution < -0.4 is 0 Å². The number of benzene rings is 1. The molecule has 0 N–H and O–H groups in total. The predicted octanol–water partition coefficient (Wildman–Crippen LogP) is 4.64. The van der Waals surface area contributed by atoms with Gasteiger partial charge in [-0.25, -0.2) is 4.98 Å². The molecule has 0 atom stereocenters. The molecule has 2 nitrogen and oxygen atoms in total. The first-order valence-corrected chi connectivity index (χ1v) is 8.05. The minimum absolute atomic E-state index is 0.117. The van der Waals surface area contributed by atoms with E-state index in [4.69, 9.17) is 0 Å². The summed E-state index contributed by atoms with van der Waals surface area (Å²) in [4.78, 5) is 6.41. The monoisotopic (exact) mass is 326 g/mol. The van der Waals surface area contributed by atoms with E-state index < -0.39 is 11.9 Å². The second-order valence-electron chi connectivity index (χ2n) is 5.84. The normalized spacial score (nSPS) is 17.0. The van der Waals surface area contributed by atoms with Gasteiger partial charge in [0.05, 0.1) is 9.88 Å². The molecule has 0 radical (unpaired) electrons. The van der Waals surface area contributed by atoms with Crippen molar-refractivity contribution in [1.29, 1.82) is 0 Å². The first kappa shape index (κ1) is 15.5. The Morgan fingerprint density at radius 2 is 1.82 bits per heavy atom. The molecule has 0 aliphatic carbocycles. The zero-order valence-corrected chi connectivity index (χ0v) is 13.2. The van der Waals surface area contributed by atoms with Gasteiger partial charge in [-0.2, -0.15) is 13.2 Å². The number of alkyl halides is 3. The van der Waals surface area contributed by atoms with Crippen LogP contribution in [-0.2, 0) is 6.18 Å². The van der Waals surface area contributed by atoms with Crippen molar-refractivity contribution in [2.24, 2.45) is 0 Å². The second kappa shape index (κ2) is 5.66. The molecule has 1 aliphatic heterocycles. The average Bonchev–Trinajstić information content (AvgIpc) is 2.82. The van der Waals surface area contributed by atoms with Crippen LogP contribution in [0, 0.1) is 0 Å². The highest BCUT2D eigenvalue weighted by molar-refractivity contribution is 7.15. The first-order chi connectivity index (χ1) is 10.4. The number of hydrogen-bond acceptors (Lipinski definition) is 3. The minimum atomic E-state index is -4.42. The lowest BCUT2D eigenvalue weighted by atomic mass is 9.99. The number of halogens is 3. The third-order valence-electron chi connectivity index (χ3n) is 3.94. The molecule has 0 bridgehead atoms. The molecule has 2 aromatic rings. The third-order valence-corrected chi connectivity index (χ3v) is 5.20. The topological polar surface area (TPSA) is 16.1 Å². The van der Waals surface area contributed by atoms with E-state index in [1.165, 1.54) is 11.3 Å². The van der Waals surface area contributed by atoms with Gasteiger partial charge in [-0.15, -0.1) is 11.3 Å². The summed E-state index contributed by atoms with van der Waals surface area (Å²) in [5.41, 5.74) is -0.166. The van der Waals surface area contributed by atoms with Gasteiger partial charge in [0, 0.05) is 25.0 Å². The van der Waals surface area contributed by atoms with Gasteiger partial charge < -0.3 is 0 Å². The van der Waals surface area contributed by atoms with Crippen LogP contribution in [0.5, 0.6) is 0 Å². The fourth-order valence-corrected chi connectivity index (χ4v) is 3.75. The van der Waals surface area contributed by atoms with Gasteiger partial charge in [0.25, 0.3) is 0 Å². The molecule has 118 valence electrons. The summed E-state index contributed by atoms with van der Waals surface area (Å²) in [6, 6.07) is 9.12. The number of likely N-dealkylation sites (tertiary alicyclic amines) is 1. The zero-order chi connectivity index (χ0) is 15.9. The zero-order valence-electron chi connectivity index (χ0n) is 12.4. The van der Waals surface area contributed by atoms with Crippen molar-refractivity contribution < 1.29 is 13.2 Å². The molecule has 22 heavy (non-hydrogen) atoms. The van der Waals surface area contributed by atoms with Crippen LogP contribution in [0.25, 0.3) is 10.4 Å². The van der Waals surface area contributed by atoms with Crippen LogP contribution >= 0.6 is 11.3 Å². The molecule has 0 saturated carbocycles. The molecule has 3 rings (SSSR count). The van der Waals surface area contributed by atoms with Crippen molar-refractivity contribution in [3.8, 4) is 10.4 Å². The van der Waals surface area contributed by atoms with Gasteiger partial charge in [0.15, 0.2) is 5.69 Å². The molecule has 1 aromatic carbocycles. The number of hydrogen-bond donors (Lipinski definition) is 0. The van der Waals surface area contributed by atoms with E-state index in [1.807, 2.05) is 0 Å². The summed E-state index contributed by atoms with van der Waals surface area (Å²) in [7, 11) is 0. The van der Waals surface area contributed by atoms with Gasteiger partial charge in [-0.05, 0) is 19.4 Å². The van der Waals surface area contributed by atoms with E-state index in [0.717, 1.165) is 13.1 Å². The number of thiazole rings is 1. The van der Waals surface area contributed by atoms with Crippen molar-refractivity contribution >= 4 is 11.3 Å². The lowest BCUT2D eigenvalue weighted by Crippen LogP contribution is -2.48. The van der Waals surface area contributed by atoms with E-state index in [1.54, 1.807) is 30.3 Å². The van der Waals surface area contributed by atoms with Gasteiger partial charge in [0.2, 0.25) is 0 Å². The summed E-state index contributed by atoms with van der Waals surface area (Å²) in [5, 5.41) is 0.600. The molecule has 1 fully saturated rings. The van der Waals surface area contributed by atoms with Gasteiger partial charge in [-0.3, -0.25) is 4.90 Å². The Morgan fingerprint density at radius 1 is 1.18 bits per heavy atom. The average molecular weight is 326 g/mol. The first-order valence-electron chi connectivity index (χ1n) is 7.23. The van der Waals surface area contributed by atoms with Crippen LogP contribution in [0.15, 0.2) is 30.3 Å². The molecule has 0 amide bonds. The highest BCUT2D eigenvalue weighted by Gasteiger charge is 2.40. The molecular formula is C16H17F3N2S. The number of rotatable bonds is 3. The van der Waals surface area contributed by atoms with Crippen LogP contribution in [0.2, 0.25) is 0 Å². The van der Waals surface area contributed by atoms with E-state index in [2.05, 4.69) is 23.7 Å². The maximum atomic E-state index is 13.3. The Labute approximate surface area is 131 Å². The molecule has 2 heterocycles.